The first-order chi connectivity index (χ1) is 13.3. The summed E-state index contributed by atoms with van der Waals surface area (Å²) in [5.74, 6) is 1.51. The molecule has 0 N–H and O–H groups in total. The summed E-state index contributed by atoms with van der Waals surface area (Å²) in [6.07, 6.45) is 11.7. The molecule has 3 heteroatoms. The van der Waals surface area contributed by atoms with Crippen LogP contribution in [-0.4, -0.2) is 34.5 Å². The fourth-order valence-corrected chi connectivity index (χ4v) is 4.98. The van der Waals surface area contributed by atoms with Gasteiger partial charge in [-0.15, -0.1) is 0 Å². The summed E-state index contributed by atoms with van der Waals surface area (Å²) < 4.78 is 0. The van der Waals surface area contributed by atoms with Gasteiger partial charge in [0, 0.05) is 11.4 Å². The van der Waals surface area contributed by atoms with Crippen LogP contribution in [0.3, 0.4) is 0 Å². The quantitative estimate of drug-likeness (QED) is 0.738. The second-order valence-corrected chi connectivity index (χ2v) is 8.43. The van der Waals surface area contributed by atoms with E-state index in [0.29, 0.717) is 5.92 Å². The van der Waals surface area contributed by atoms with Crippen LogP contribution in [0.5, 0.6) is 0 Å². The summed E-state index contributed by atoms with van der Waals surface area (Å²) in [6.45, 7) is 6.13. The van der Waals surface area contributed by atoms with Crippen molar-refractivity contribution in [2.45, 2.75) is 64.2 Å². The van der Waals surface area contributed by atoms with Gasteiger partial charge in [-0.2, -0.15) is 0 Å². The maximum atomic E-state index is 4.61. The molecule has 2 aliphatic rings. The van der Waals surface area contributed by atoms with Crippen molar-refractivity contribution in [1.82, 2.24) is 14.9 Å². The lowest BCUT2D eigenvalue weighted by molar-refractivity contribution is 0.170. The molecule has 4 rings (SSSR count). The molecule has 0 radical (unpaired) electrons. The Kier molecular flexibility index (Phi) is 6.18. The molecule has 1 aromatic carbocycles. The summed E-state index contributed by atoms with van der Waals surface area (Å²) in [5, 5.41) is 0. The Morgan fingerprint density at radius 2 is 1.81 bits per heavy atom. The number of hydrogen-bond acceptors (Lipinski definition) is 3. The number of piperidine rings is 1. The number of hydrogen-bond donors (Lipinski definition) is 0. The molecule has 1 unspecified atom stereocenters. The normalized spacial score (nSPS) is 19.6. The first-order valence-corrected chi connectivity index (χ1v) is 10.9. The largest absolute Gasteiger partial charge is 0.303 e. The highest BCUT2D eigenvalue weighted by Gasteiger charge is 2.24. The van der Waals surface area contributed by atoms with Crippen LogP contribution >= 0.6 is 0 Å². The summed E-state index contributed by atoms with van der Waals surface area (Å²) in [7, 11) is 0. The Labute approximate surface area is 164 Å². The van der Waals surface area contributed by atoms with E-state index >= 15 is 0 Å². The monoisotopic (exact) mass is 363 g/mol. The van der Waals surface area contributed by atoms with Gasteiger partial charge in [0.1, 0.15) is 6.33 Å². The molecule has 0 saturated carbocycles. The summed E-state index contributed by atoms with van der Waals surface area (Å²) in [6, 6.07) is 11.0. The molecule has 1 aliphatic heterocycles. The highest BCUT2D eigenvalue weighted by atomic mass is 15.1. The first-order valence-electron chi connectivity index (χ1n) is 10.9. The van der Waals surface area contributed by atoms with Crippen LogP contribution in [0.15, 0.2) is 36.7 Å². The third kappa shape index (κ3) is 4.57. The average Bonchev–Trinajstić information content (AvgIpc) is 2.74. The number of likely N-dealkylation sites (tertiary alicyclic amines) is 1. The average molecular weight is 364 g/mol. The predicted molar refractivity (Wildman–Crippen MR) is 111 cm³/mol. The molecule has 2 heterocycles. The second kappa shape index (κ2) is 8.97. The van der Waals surface area contributed by atoms with E-state index in [2.05, 4.69) is 52.1 Å². The van der Waals surface area contributed by atoms with E-state index in [4.69, 9.17) is 0 Å². The standard InChI is InChI=1S/C24H33N3/c1-19(20-8-3-2-4-9-20)21-13-16-27(17-14-21)15-7-12-24-22-10-5-6-11-23(22)25-18-26-24/h2-4,8-9,18-19,21H,5-7,10-17H2,1H3. The van der Waals surface area contributed by atoms with Crippen LogP contribution in [0.2, 0.25) is 0 Å². The molecule has 2 aromatic rings. The molecule has 1 aliphatic carbocycles. The molecule has 1 aromatic heterocycles. The molecule has 0 bridgehead atoms. The van der Waals surface area contributed by atoms with Gasteiger partial charge in [-0.25, -0.2) is 9.97 Å². The van der Waals surface area contributed by atoms with Crippen molar-refractivity contribution in [3.05, 3.63) is 59.2 Å². The SMILES string of the molecule is CC(c1ccccc1)C1CCN(CCCc2ncnc3c2CCCC3)CC1. The molecular formula is C24H33N3. The molecule has 0 spiro atoms. The van der Waals surface area contributed by atoms with E-state index in [1.54, 1.807) is 6.33 Å². The topological polar surface area (TPSA) is 29.0 Å². The van der Waals surface area contributed by atoms with Crippen molar-refractivity contribution in [2.75, 3.05) is 19.6 Å². The lowest BCUT2D eigenvalue weighted by atomic mass is 9.81. The van der Waals surface area contributed by atoms with E-state index in [1.165, 1.54) is 80.7 Å². The van der Waals surface area contributed by atoms with Crippen LogP contribution in [0.4, 0.5) is 0 Å². The van der Waals surface area contributed by atoms with E-state index in [1.807, 2.05) is 0 Å². The number of aromatic nitrogens is 2. The molecule has 3 nitrogen and oxygen atoms in total. The minimum absolute atomic E-state index is 0.681. The molecule has 27 heavy (non-hydrogen) atoms. The molecule has 1 fully saturated rings. The van der Waals surface area contributed by atoms with Crippen molar-refractivity contribution >= 4 is 0 Å². The zero-order valence-electron chi connectivity index (χ0n) is 16.7. The third-order valence-corrected chi connectivity index (χ3v) is 6.77. The van der Waals surface area contributed by atoms with Crippen LogP contribution in [0, 0.1) is 5.92 Å². The number of fused-ring (bicyclic) bond motifs is 1. The first kappa shape index (κ1) is 18.6. The van der Waals surface area contributed by atoms with Gasteiger partial charge in [-0.05, 0) is 94.0 Å². The maximum absolute atomic E-state index is 4.61. The van der Waals surface area contributed by atoms with Gasteiger partial charge in [0.25, 0.3) is 0 Å². The van der Waals surface area contributed by atoms with Gasteiger partial charge >= 0.3 is 0 Å². The van der Waals surface area contributed by atoms with E-state index in [-0.39, 0.29) is 0 Å². The van der Waals surface area contributed by atoms with Crippen molar-refractivity contribution in [3.8, 4) is 0 Å². The highest BCUT2D eigenvalue weighted by molar-refractivity contribution is 5.27. The Morgan fingerprint density at radius 1 is 1.04 bits per heavy atom. The fraction of sp³-hybridized carbons (Fsp3) is 0.583. The van der Waals surface area contributed by atoms with Crippen LogP contribution < -0.4 is 0 Å². The van der Waals surface area contributed by atoms with Gasteiger partial charge in [0.2, 0.25) is 0 Å². The van der Waals surface area contributed by atoms with Crippen LogP contribution in [-0.2, 0) is 19.3 Å². The minimum atomic E-state index is 0.681. The Hall–Kier alpha value is -1.74. The molecule has 1 saturated heterocycles. The van der Waals surface area contributed by atoms with E-state index in [0.717, 1.165) is 18.8 Å². The summed E-state index contributed by atoms with van der Waals surface area (Å²) in [4.78, 5) is 11.8. The summed E-state index contributed by atoms with van der Waals surface area (Å²) in [5.41, 5.74) is 5.62. The zero-order valence-corrected chi connectivity index (χ0v) is 16.7. The highest BCUT2D eigenvalue weighted by Crippen LogP contribution is 2.32. The van der Waals surface area contributed by atoms with Gasteiger partial charge in [0.15, 0.2) is 0 Å². The number of rotatable bonds is 6. The van der Waals surface area contributed by atoms with E-state index < -0.39 is 0 Å². The Balaban J connectivity index is 1.23. The number of nitrogens with zero attached hydrogens (tertiary/aromatic N) is 3. The van der Waals surface area contributed by atoms with Gasteiger partial charge in [-0.3, -0.25) is 0 Å². The molecule has 1 atom stereocenters. The fourth-order valence-electron chi connectivity index (χ4n) is 4.98. The second-order valence-electron chi connectivity index (χ2n) is 8.43. The lowest BCUT2D eigenvalue weighted by Crippen LogP contribution is -2.36. The zero-order chi connectivity index (χ0) is 18.5. The van der Waals surface area contributed by atoms with Crippen LogP contribution in [0.25, 0.3) is 0 Å². The van der Waals surface area contributed by atoms with Gasteiger partial charge < -0.3 is 4.90 Å². The number of benzene rings is 1. The van der Waals surface area contributed by atoms with Crippen molar-refractivity contribution < 1.29 is 0 Å². The van der Waals surface area contributed by atoms with Crippen molar-refractivity contribution in [2.24, 2.45) is 5.92 Å². The van der Waals surface area contributed by atoms with Gasteiger partial charge in [-0.1, -0.05) is 37.3 Å². The van der Waals surface area contributed by atoms with Crippen molar-refractivity contribution in [3.63, 3.8) is 0 Å². The maximum Gasteiger partial charge on any atom is 0.115 e. The number of aryl methyl sites for hydroxylation is 2. The van der Waals surface area contributed by atoms with Gasteiger partial charge in [0.05, 0.1) is 0 Å². The smallest absolute Gasteiger partial charge is 0.115 e. The van der Waals surface area contributed by atoms with Crippen molar-refractivity contribution in [1.29, 1.82) is 0 Å². The molecule has 144 valence electrons. The minimum Gasteiger partial charge on any atom is -0.303 e. The Bertz CT molecular complexity index is 720. The predicted octanol–water partition coefficient (Wildman–Crippen LogP) is 4.80. The lowest BCUT2D eigenvalue weighted by Gasteiger charge is -2.35. The van der Waals surface area contributed by atoms with E-state index in [9.17, 15) is 0 Å². The Morgan fingerprint density at radius 3 is 2.63 bits per heavy atom. The van der Waals surface area contributed by atoms with Crippen LogP contribution in [0.1, 0.15) is 67.5 Å². The molecular weight excluding hydrogens is 330 g/mol. The third-order valence-electron chi connectivity index (χ3n) is 6.77. The summed E-state index contributed by atoms with van der Waals surface area (Å²) >= 11 is 0. The molecule has 0 amide bonds.